The molecule has 0 radical (unpaired) electrons. The molecular formula is C19H15Cl2FN2O2. The topological polar surface area (TPSA) is 55.1 Å². The van der Waals surface area contributed by atoms with Crippen molar-refractivity contribution in [2.24, 2.45) is 0 Å². The zero-order valence-corrected chi connectivity index (χ0v) is 15.5. The second-order valence-corrected chi connectivity index (χ2v) is 6.65. The number of halogens is 3. The minimum absolute atomic E-state index is 0.0339. The van der Waals surface area contributed by atoms with Crippen molar-refractivity contribution in [3.63, 3.8) is 0 Å². The lowest BCUT2D eigenvalue weighted by Gasteiger charge is -2.15. The van der Waals surface area contributed by atoms with Gasteiger partial charge in [0.25, 0.3) is 5.91 Å². The molecule has 7 heteroatoms. The van der Waals surface area contributed by atoms with E-state index in [0.29, 0.717) is 5.02 Å². The van der Waals surface area contributed by atoms with Crippen LogP contribution < -0.4 is 5.32 Å². The number of amides is 1. The van der Waals surface area contributed by atoms with Gasteiger partial charge in [0, 0.05) is 5.02 Å². The Morgan fingerprint density at radius 1 is 1.23 bits per heavy atom. The summed E-state index contributed by atoms with van der Waals surface area (Å²) in [5.74, 6) is -0.747. The van der Waals surface area contributed by atoms with Gasteiger partial charge in [-0.3, -0.25) is 4.79 Å². The number of nitrogens with one attached hydrogen (secondary N) is 1. The summed E-state index contributed by atoms with van der Waals surface area (Å²) in [6.45, 7) is 3.41. The van der Waals surface area contributed by atoms with Crippen LogP contribution in [0.4, 0.5) is 4.39 Å². The van der Waals surface area contributed by atoms with Crippen LogP contribution in [0, 0.1) is 12.7 Å². The number of rotatable bonds is 4. The molecule has 0 saturated carbocycles. The molecule has 0 spiro atoms. The second kappa shape index (κ2) is 7.48. The number of aryl methyl sites for hydroxylation is 1. The van der Waals surface area contributed by atoms with Crippen LogP contribution in [0.1, 0.15) is 34.6 Å². The molecule has 3 rings (SSSR count). The van der Waals surface area contributed by atoms with Crippen molar-refractivity contribution in [2.45, 2.75) is 19.9 Å². The first-order chi connectivity index (χ1) is 12.4. The van der Waals surface area contributed by atoms with Crippen molar-refractivity contribution in [3.8, 4) is 11.3 Å². The molecule has 3 aromatic rings. The van der Waals surface area contributed by atoms with Gasteiger partial charge in [-0.2, -0.15) is 0 Å². The summed E-state index contributed by atoms with van der Waals surface area (Å²) in [4.78, 5) is 12.8. The van der Waals surface area contributed by atoms with Crippen LogP contribution in [0.15, 0.2) is 47.0 Å². The van der Waals surface area contributed by atoms with Crippen LogP contribution in [-0.2, 0) is 0 Å². The number of aromatic nitrogens is 1. The van der Waals surface area contributed by atoms with Gasteiger partial charge < -0.3 is 9.84 Å². The molecule has 0 fully saturated rings. The molecule has 4 nitrogen and oxygen atoms in total. The van der Waals surface area contributed by atoms with Crippen molar-refractivity contribution >= 4 is 29.1 Å². The first-order valence-electron chi connectivity index (χ1n) is 7.85. The van der Waals surface area contributed by atoms with Crippen LogP contribution in [-0.4, -0.2) is 11.1 Å². The van der Waals surface area contributed by atoms with Gasteiger partial charge in [0.05, 0.1) is 16.6 Å². The minimum Gasteiger partial charge on any atom is -0.360 e. The third-order valence-electron chi connectivity index (χ3n) is 3.99. The maximum Gasteiger partial charge on any atom is 0.257 e. The lowest BCUT2D eigenvalue weighted by Crippen LogP contribution is -2.27. The third-order valence-corrected chi connectivity index (χ3v) is 4.54. The molecule has 26 heavy (non-hydrogen) atoms. The Morgan fingerprint density at radius 3 is 2.65 bits per heavy atom. The highest BCUT2D eigenvalue weighted by molar-refractivity contribution is 6.33. The quantitative estimate of drug-likeness (QED) is 0.629. The summed E-state index contributed by atoms with van der Waals surface area (Å²) in [5.41, 5.74) is 1.09. The van der Waals surface area contributed by atoms with E-state index < -0.39 is 11.7 Å². The highest BCUT2D eigenvalue weighted by atomic mass is 35.5. The molecule has 0 aliphatic rings. The maximum atomic E-state index is 14.2. The third kappa shape index (κ3) is 3.59. The van der Waals surface area contributed by atoms with E-state index >= 15 is 0 Å². The molecule has 1 aromatic heterocycles. The van der Waals surface area contributed by atoms with Crippen molar-refractivity contribution < 1.29 is 13.7 Å². The summed E-state index contributed by atoms with van der Waals surface area (Å²) in [7, 11) is 0. The maximum absolute atomic E-state index is 14.2. The van der Waals surface area contributed by atoms with Crippen LogP contribution in [0.5, 0.6) is 0 Å². The van der Waals surface area contributed by atoms with Gasteiger partial charge in [-0.05, 0) is 43.7 Å². The fourth-order valence-corrected chi connectivity index (χ4v) is 3.11. The molecular weight excluding hydrogens is 378 g/mol. The van der Waals surface area contributed by atoms with Gasteiger partial charge in [0.1, 0.15) is 22.8 Å². The Bertz CT molecular complexity index is 952. The number of hydrogen-bond donors (Lipinski definition) is 1. The van der Waals surface area contributed by atoms with Gasteiger partial charge in [-0.1, -0.05) is 46.6 Å². The van der Waals surface area contributed by atoms with E-state index in [1.807, 2.05) is 13.0 Å². The average molecular weight is 393 g/mol. The summed E-state index contributed by atoms with van der Waals surface area (Å²) >= 11 is 12.1. The molecule has 1 heterocycles. The van der Waals surface area contributed by atoms with E-state index in [2.05, 4.69) is 10.5 Å². The van der Waals surface area contributed by atoms with E-state index in [9.17, 15) is 9.18 Å². The first kappa shape index (κ1) is 18.4. The lowest BCUT2D eigenvalue weighted by atomic mass is 10.0. The van der Waals surface area contributed by atoms with Gasteiger partial charge >= 0.3 is 0 Å². The minimum atomic E-state index is -0.581. The summed E-state index contributed by atoms with van der Waals surface area (Å²) in [6, 6.07) is 11.1. The molecule has 0 bridgehead atoms. The smallest absolute Gasteiger partial charge is 0.257 e. The summed E-state index contributed by atoms with van der Waals surface area (Å²) < 4.78 is 19.4. The second-order valence-electron chi connectivity index (χ2n) is 5.81. The van der Waals surface area contributed by atoms with Crippen LogP contribution in [0.3, 0.4) is 0 Å². The van der Waals surface area contributed by atoms with Crippen molar-refractivity contribution in [1.29, 1.82) is 0 Å². The summed E-state index contributed by atoms with van der Waals surface area (Å²) in [6.07, 6.45) is 0. The zero-order valence-electron chi connectivity index (χ0n) is 14.0. The van der Waals surface area contributed by atoms with Gasteiger partial charge in [-0.25, -0.2) is 4.39 Å². The van der Waals surface area contributed by atoms with Crippen molar-refractivity contribution in [3.05, 3.63) is 75.2 Å². The first-order valence-corrected chi connectivity index (χ1v) is 8.61. The standard InChI is InChI=1S/C19H15Cl2FN2O2/c1-10(12-5-3-6-13(20)9-12)23-19(25)16-11(2)26-24-18(16)17-14(21)7-4-8-15(17)22/h3-10H,1-2H3,(H,23,25). The summed E-state index contributed by atoms with van der Waals surface area (Å²) in [5, 5.41) is 7.42. The number of nitrogens with zero attached hydrogens (tertiary/aromatic N) is 1. The molecule has 1 unspecified atom stereocenters. The number of benzene rings is 2. The molecule has 0 aliphatic heterocycles. The Labute approximate surface area is 159 Å². The van der Waals surface area contributed by atoms with Crippen LogP contribution in [0.2, 0.25) is 10.0 Å². The Kier molecular flexibility index (Phi) is 5.30. The predicted octanol–water partition coefficient (Wildman–Crippen LogP) is 5.59. The number of hydrogen-bond acceptors (Lipinski definition) is 3. The van der Waals surface area contributed by atoms with Crippen LogP contribution in [0.25, 0.3) is 11.3 Å². The highest BCUT2D eigenvalue weighted by Gasteiger charge is 2.26. The average Bonchev–Trinajstić information content (AvgIpc) is 2.96. The van der Waals surface area contributed by atoms with E-state index in [0.717, 1.165) is 5.56 Å². The normalized spacial score (nSPS) is 12.0. The van der Waals surface area contributed by atoms with E-state index in [4.69, 9.17) is 27.7 Å². The largest absolute Gasteiger partial charge is 0.360 e. The van der Waals surface area contributed by atoms with Gasteiger partial charge in [-0.15, -0.1) is 0 Å². The molecule has 1 atom stereocenters. The fraction of sp³-hybridized carbons (Fsp3) is 0.158. The van der Waals surface area contributed by atoms with Crippen molar-refractivity contribution in [2.75, 3.05) is 0 Å². The fourth-order valence-electron chi connectivity index (χ4n) is 2.66. The molecule has 2 aromatic carbocycles. The Balaban J connectivity index is 1.95. The Morgan fingerprint density at radius 2 is 1.96 bits per heavy atom. The lowest BCUT2D eigenvalue weighted by molar-refractivity contribution is 0.0939. The predicted molar refractivity (Wildman–Crippen MR) is 99.0 cm³/mol. The monoisotopic (exact) mass is 392 g/mol. The van der Waals surface area contributed by atoms with Crippen LogP contribution >= 0.6 is 23.2 Å². The van der Waals surface area contributed by atoms with E-state index in [-0.39, 0.29) is 33.6 Å². The highest BCUT2D eigenvalue weighted by Crippen LogP contribution is 2.33. The zero-order chi connectivity index (χ0) is 18.8. The van der Waals surface area contributed by atoms with E-state index in [1.54, 1.807) is 25.1 Å². The SMILES string of the molecule is Cc1onc(-c2c(F)cccc2Cl)c1C(=O)NC(C)c1cccc(Cl)c1. The molecule has 134 valence electrons. The number of carbonyl (C=O) groups excluding carboxylic acids is 1. The van der Waals surface area contributed by atoms with Gasteiger partial charge in [0.15, 0.2) is 0 Å². The molecule has 1 N–H and O–H groups in total. The molecule has 1 amide bonds. The van der Waals surface area contributed by atoms with Gasteiger partial charge in [0.2, 0.25) is 0 Å². The number of carbonyl (C=O) groups is 1. The van der Waals surface area contributed by atoms with Crippen molar-refractivity contribution in [1.82, 2.24) is 10.5 Å². The Hall–Kier alpha value is -2.37. The molecule has 0 saturated heterocycles. The van der Waals surface area contributed by atoms with E-state index in [1.165, 1.54) is 18.2 Å². The molecule has 0 aliphatic carbocycles.